The van der Waals surface area contributed by atoms with Gasteiger partial charge in [0, 0.05) is 6.54 Å². The number of nitrogens with zero attached hydrogens (tertiary/aromatic N) is 2. The maximum atomic E-state index is 12.8. The molecule has 27 heavy (non-hydrogen) atoms. The Kier molecular flexibility index (Phi) is 5.86. The Morgan fingerprint density at radius 2 is 1.78 bits per heavy atom. The van der Waals surface area contributed by atoms with Crippen LogP contribution in [0.2, 0.25) is 0 Å². The number of carbonyl (C=O) groups excluding carboxylic acids is 1. The van der Waals surface area contributed by atoms with E-state index in [0.717, 1.165) is 11.3 Å². The number of aryl methyl sites for hydroxylation is 1. The van der Waals surface area contributed by atoms with Gasteiger partial charge < -0.3 is 9.47 Å². The third-order valence-corrected chi connectivity index (χ3v) is 5.18. The first kappa shape index (κ1) is 19.0. The number of ether oxygens (including phenoxy) is 2. The lowest BCUT2D eigenvalue weighted by Crippen LogP contribution is -2.28. The van der Waals surface area contributed by atoms with Crippen LogP contribution in [0.4, 0.5) is 5.69 Å². The Morgan fingerprint density at radius 3 is 2.41 bits per heavy atom. The van der Waals surface area contributed by atoms with Gasteiger partial charge in [0.05, 0.1) is 24.8 Å². The molecule has 6 heteroatoms. The van der Waals surface area contributed by atoms with Crippen molar-refractivity contribution in [3.8, 4) is 11.5 Å². The first-order chi connectivity index (χ1) is 13.0. The number of carbonyl (C=O) groups is 1. The number of thioether (sulfide) groups is 1. The number of amides is 1. The molecule has 1 heterocycles. The largest absolute Gasteiger partial charge is 0.493 e. The summed E-state index contributed by atoms with van der Waals surface area (Å²) < 4.78 is 10.6. The lowest BCUT2D eigenvalue weighted by atomic mass is 10.2. The Morgan fingerprint density at radius 1 is 1.07 bits per heavy atom. The van der Waals surface area contributed by atoms with Gasteiger partial charge in [-0.15, -0.1) is 0 Å². The standard InChI is InChI=1S/C21H22N2O3S/c1-5-23-20(24)19(13-15-8-11-17(25-3)18(12-15)26-4)27-21(23)22-16-9-6-14(2)7-10-16/h6-13H,5H2,1-4H3/b19-13+,22-21?. The average molecular weight is 382 g/mol. The zero-order valence-electron chi connectivity index (χ0n) is 15.9. The summed E-state index contributed by atoms with van der Waals surface area (Å²) in [5, 5.41) is 0.693. The van der Waals surface area contributed by atoms with Crippen LogP contribution in [-0.4, -0.2) is 36.7 Å². The second-order valence-electron chi connectivity index (χ2n) is 6.00. The summed E-state index contributed by atoms with van der Waals surface area (Å²) in [6.45, 7) is 4.55. The van der Waals surface area contributed by atoms with Crippen molar-refractivity contribution in [1.29, 1.82) is 0 Å². The van der Waals surface area contributed by atoms with Gasteiger partial charge in [0.15, 0.2) is 16.7 Å². The molecule has 1 saturated heterocycles. The molecule has 1 aliphatic heterocycles. The van der Waals surface area contributed by atoms with Crippen molar-refractivity contribution in [2.75, 3.05) is 20.8 Å². The SMILES string of the molecule is CCN1C(=O)/C(=C\c2ccc(OC)c(OC)c2)SC1=Nc1ccc(C)cc1. The van der Waals surface area contributed by atoms with E-state index in [-0.39, 0.29) is 5.91 Å². The zero-order valence-corrected chi connectivity index (χ0v) is 16.7. The van der Waals surface area contributed by atoms with Crippen LogP contribution < -0.4 is 9.47 Å². The lowest BCUT2D eigenvalue weighted by molar-refractivity contribution is -0.122. The molecule has 0 aliphatic carbocycles. The lowest BCUT2D eigenvalue weighted by Gasteiger charge is -2.12. The molecule has 1 aliphatic rings. The number of aliphatic imine (C=N–C) groups is 1. The highest BCUT2D eigenvalue weighted by Gasteiger charge is 2.32. The quantitative estimate of drug-likeness (QED) is 0.707. The topological polar surface area (TPSA) is 51.1 Å². The van der Waals surface area contributed by atoms with E-state index >= 15 is 0 Å². The average Bonchev–Trinajstić information content (AvgIpc) is 2.97. The molecule has 0 radical (unpaired) electrons. The van der Waals surface area contributed by atoms with Gasteiger partial charge in [0.1, 0.15) is 0 Å². The zero-order chi connectivity index (χ0) is 19.4. The van der Waals surface area contributed by atoms with E-state index in [9.17, 15) is 4.79 Å². The first-order valence-corrected chi connectivity index (χ1v) is 9.46. The smallest absolute Gasteiger partial charge is 0.266 e. The minimum atomic E-state index is -0.0388. The van der Waals surface area contributed by atoms with Crippen molar-refractivity contribution >= 4 is 34.6 Å². The molecule has 0 bridgehead atoms. The van der Waals surface area contributed by atoms with Crippen molar-refractivity contribution in [1.82, 2.24) is 4.90 Å². The monoisotopic (exact) mass is 382 g/mol. The molecule has 0 N–H and O–H groups in total. The summed E-state index contributed by atoms with van der Waals surface area (Å²) in [6.07, 6.45) is 1.86. The molecule has 0 atom stereocenters. The first-order valence-electron chi connectivity index (χ1n) is 8.64. The van der Waals surface area contributed by atoms with Gasteiger partial charge in [-0.25, -0.2) is 4.99 Å². The maximum absolute atomic E-state index is 12.8. The van der Waals surface area contributed by atoms with Crippen molar-refractivity contribution < 1.29 is 14.3 Å². The number of methoxy groups -OCH3 is 2. The summed E-state index contributed by atoms with van der Waals surface area (Å²) in [4.78, 5) is 19.8. The Hall–Kier alpha value is -2.73. The summed E-state index contributed by atoms with van der Waals surface area (Å²) >= 11 is 1.38. The summed E-state index contributed by atoms with van der Waals surface area (Å²) in [5.41, 5.74) is 2.88. The molecule has 0 aromatic heterocycles. The highest BCUT2D eigenvalue weighted by Crippen LogP contribution is 2.35. The molecule has 140 valence electrons. The van der Waals surface area contributed by atoms with E-state index in [2.05, 4.69) is 4.99 Å². The number of benzene rings is 2. The molecule has 0 unspecified atom stereocenters. The summed E-state index contributed by atoms with van der Waals surface area (Å²) in [5.74, 6) is 1.24. The Bertz CT molecular complexity index is 904. The predicted molar refractivity (Wildman–Crippen MR) is 111 cm³/mol. The van der Waals surface area contributed by atoms with Crippen molar-refractivity contribution in [2.45, 2.75) is 13.8 Å². The second kappa shape index (κ2) is 8.31. The summed E-state index contributed by atoms with van der Waals surface area (Å²) in [7, 11) is 3.19. The molecule has 3 rings (SSSR count). The van der Waals surface area contributed by atoms with Crippen LogP contribution in [0.15, 0.2) is 52.4 Å². The molecule has 1 amide bonds. The van der Waals surface area contributed by atoms with Gasteiger partial charge in [-0.2, -0.15) is 0 Å². The second-order valence-corrected chi connectivity index (χ2v) is 7.01. The van der Waals surface area contributed by atoms with Crippen molar-refractivity contribution in [3.05, 3.63) is 58.5 Å². The van der Waals surface area contributed by atoms with E-state index in [4.69, 9.17) is 9.47 Å². The third kappa shape index (κ3) is 4.17. The van der Waals surface area contributed by atoms with E-state index in [1.54, 1.807) is 19.1 Å². The van der Waals surface area contributed by atoms with Crippen LogP contribution in [0.5, 0.6) is 11.5 Å². The third-order valence-electron chi connectivity index (χ3n) is 4.17. The van der Waals surface area contributed by atoms with Gasteiger partial charge in [-0.1, -0.05) is 23.8 Å². The van der Waals surface area contributed by atoms with Crippen LogP contribution in [-0.2, 0) is 4.79 Å². The fourth-order valence-electron chi connectivity index (χ4n) is 2.69. The number of likely N-dealkylation sites (N-methyl/N-ethyl adjacent to an activating group) is 1. The number of amidine groups is 1. The van der Waals surface area contributed by atoms with Gasteiger partial charge >= 0.3 is 0 Å². The molecule has 2 aromatic carbocycles. The van der Waals surface area contributed by atoms with E-state index in [0.29, 0.717) is 28.1 Å². The highest BCUT2D eigenvalue weighted by molar-refractivity contribution is 8.18. The van der Waals surface area contributed by atoms with Gasteiger partial charge in [-0.05, 0) is 61.5 Å². The van der Waals surface area contributed by atoms with Crippen LogP contribution in [0.25, 0.3) is 6.08 Å². The minimum Gasteiger partial charge on any atom is -0.493 e. The number of rotatable bonds is 5. The molecule has 0 spiro atoms. The van der Waals surface area contributed by atoms with Crippen molar-refractivity contribution in [3.63, 3.8) is 0 Å². The molecule has 2 aromatic rings. The molecular formula is C21H22N2O3S. The fraction of sp³-hybridized carbons (Fsp3) is 0.238. The van der Waals surface area contributed by atoms with Crippen LogP contribution in [0.1, 0.15) is 18.1 Å². The highest BCUT2D eigenvalue weighted by atomic mass is 32.2. The Balaban J connectivity index is 1.92. The molecule has 1 fully saturated rings. The number of hydrogen-bond donors (Lipinski definition) is 0. The van der Waals surface area contributed by atoms with Crippen LogP contribution in [0.3, 0.4) is 0 Å². The van der Waals surface area contributed by atoms with E-state index in [1.165, 1.54) is 17.3 Å². The number of hydrogen-bond acceptors (Lipinski definition) is 5. The van der Waals surface area contributed by atoms with Gasteiger partial charge in [0.2, 0.25) is 0 Å². The van der Waals surface area contributed by atoms with E-state index in [1.807, 2.05) is 62.4 Å². The minimum absolute atomic E-state index is 0.0388. The molecule has 0 saturated carbocycles. The predicted octanol–water partition coefficient (Wildman–Crippen LogP) is 4.64. The van der Waals surface area contributed by atoms with Crippen molar-refractivity contribution in [2.24, 2.45) is 4.99 Å². The fourth-order valence-corrected chi connectivity index (χ4v) is 3.76. The molecule has 5 nitrogen and oxygen atoms in total. The summed E-state index contributed by atoms with van der Waals surface area (Å²) in [6, 6.07) is 13.5. The molecular weight excluding hydrogens is 360 g/mol. The Labute approximate surface area is 163 Å². The van der Waals surface area contributed by atoms with Crippen LogP contribution >= 0.6 is 11.8 Å². The normalized spacial score (nSPS) is 17.0. The van der Waals surface area contributed by atoms with E-state index < -0.39 is 0 Å². The van der Waals surface area contributed by atoms with Gasteiger partial charge in [0.25, 0.3) is 5.91 Å². The maximum Gasteiger partial charge on any atom is 0.266 e. The van der Waals surface area contributed by atoms with Gasteiger partial charge in [-0.3, -0.25) is 9.69 Å². The van der Waals surface area contributed by atoms with Crippen LogP contribution in [0, 0.1) is 6.92 Å².